The highest BCUT2D eigenvalue weighted by atomic mass is 35.5. The number of carbonyl (C=O) groups excluding carboxylic acids is 1. The Morgan fingerprint density at radius 1 is 1.24 bits per heavy atom. The van der Waals surface area contributed by atoms with Gasteiger partial charge >= 0.3 is 0 Å². The number of aromatic nitrogens is 3. The van der Waals surface area contributed by atoms with Crippen molar-refractivity contribution in [3.8, 4) is 0 Å². The Kier molecular flexibility index (Phi) is 4.63. The lowest BCUT2D eigenvalue weighted by molar-refractivity contribution is 0.0719. The van der Waals surface area contributed by atoms with Gasteiger partial charge in [0.2, 0.25) is 5.82 Å². The van der Waals surface area contributed by atoms with Crippen LogP contribution in [-0.4, -0.2) is 38.9 Å². The van der Waals surface area contributed by atoms with Gasteiger partial charge in [0.15, 0.2) is 0 Å². The minimum absolute atomic E-state index is 0.171. The number of hydrogen-bond donors (Lipinski definition) is 0. The number of fused-ring (bicyclic) bond motifs is 1. The molecule has 0 spiro atoms. The molecule has 2 aromatic rings. The van der Waals surface area contributed by atoms with Crippen molar-refractivity contribution in [1.29, 1.82) is 0 Å². The lowest BCUT2D eigenvalue weighted by Gasteiger charge is -2.29. The molecule has 2 aromatic heterocycles. The second-order valence-electron chi connectivity index (χ2n) is 6.60. The quantitative estimate of drug-likeness (QED) is 0.821. The van der Waals surface area contributed by atoms with Crippen molar-refractivity contribution < 1.29 is 9.53 Å². The molecule has 3 heterocycles. The summed E-state index contributed by atoms with van der Waals surface area (Å²) >= 11 is 5.78. The fourth-order valence-corrected chi connectivity index (χ4v) is 3.15. The maximum atomic E-state index is 12.6. The molecule has 130 valence electrons. The minimum atomic E-state index is -0.183. The van der Waals surface area contributed by atoms with Crippen LogP contribution in [0.5, 0.6) is 0 Å². The Morgan fingerprint density at radius 2 is 2.04 bits per heavy atom. The van der Waals surface area contributed by atoms with Gasteiger partial charge in [-0.15, -0.1) is 0 Å². The Bertz CT molecular complexity index is 777. The van der Waals surface area contributed by atoms with Crippen molar-refractivity contribution in [3.63, 3.8) is 0 Å². The number of nitrogens with zero attached hydrogens (tertiary/aromatic N) is 4. The lowest BCUT2D eigenvalue weighted by Crippen LogP contribution is -2.37. The molecule has 6 nitrogen and oxygen atoms in total. The topological polar surface area (TPSA) is 68.2 Å². The average Bonchev–Trinajstić information content (AvgIpc) is 3.46. The second-order valence-corrected chi connectivity index (χ2v) is 7.03. The molecule has 1 fully saturated rings. The first-order valence-electron chi connectivity index (χ1n) is 8.50. The number of hydrogen-bond acceptors (Lipinski definition) is 5. The fraction of sp³-hybridized carbons (Fsp3) is 0.444. The second kappa shape index (κ2) is 7.06. The van der Waals surface area contributed by atoms with Crippen molar-refractivity contribution in [2.24, 2.45) is 5.92 Å². The number of carbonyl (C=O) groups is 1. The van der Waals surface area contributed by atoms with Crippen molar-refractivity contribution in [2.45, 2.75) is 32.4 Å². The molecule has 25 heavy (non-hydrogen) atoms. The monoisotopic (exact) mass is 358 g/mol. The summed E-state index contributed by atoms with van der Waals surface area (Å²) in [6.45, 7) is 2.59. The standard InChI is InChI=1S/C18H19ClN4O2/c19-15-7-21-17(22-8-15)18(24)23-4-3-16-13(9-23)5-20-6-14(16)11-25-10-12-1-2-12/h5-8,12H,1-4,9-11H2. The van der Waals surface area contributed by atoms with Crippen molar-refractivity contribution >= 4 is 17.5 Å². The molecule has 0 aromatic carbocycles. The number of amides is 1. The third-order valence-corrected chi connectivity index (χ3v) is 4.83. The van der Waals surface area contributed by atoms with Crippen LogP contribution in [0, 0.1) is 5.92 Å². The van der Waals surface area contributed by atoms with Crippen LogP contribution in [0.15, 0.2) is 24.8 Å². The van der Waals surface area contributed by atoms with Gasteiger partial charge in [-0.05, 0) is 41.9 Å². The molecular formula is C18H19ClN4O2. The molecule has 1 aliphatic carbocycles. The fourth-order valence-electron chi connectivity index (χ4n) is 3.05. The van der Waals surface area contributed by atoms with Crippen LogP contribution in [0.1, 0.15) is 40.2 Å². The molecule has 2 aliphatic rings. The molecule has 0 N–H and O–H groups in total. The molecule has 0 unspecified atom stereocenters. The molecule has 1 amide bonds. The number of rotatable bonds is 5. The molecular weight excluding hydrogens is 340 g/mol. The van der Waals surface area contributed by atoms with Crippen LogP contribution < -0.4 is 0 Å². The molecule has 1 aliphatic heterocycles. The summed E-state index contributed by atoms with van der Waals surface area (Å²) in [6, 6.07) is 0. The van der Waals surface area contributed by atoms with Crippen LogP contribution in [0.4, 0.5) is 0 Å². The Morgan fingerprint density at radius 3 is 2.80 bits per heavy atom. The normalized spacial score (nSPS) is 16.6. The van der Waals surface area contributed by atoms with E-state index < -0.39 is 0 Å². The summed E-state index contributed by atoms with van der Waals surface area (Å²) in [6.07, 6.45) is 9.96. The van der Waals surface area contributed by atoms with E-state index in [1.54, 1.807) is 4.90 Å². The third-order valence-electron chi connectivity index (χ3n) is 4.64. The van der Waals surface area contributed by atoms with Gasteiger partial charge in [-0.25, -0.2) is 9.97 Å². The van der Waals surface area contributed by atoms with E-state index in [0.717, 1.165) is 30.1 Å². The van der Waals surface area contributed by atoms with Gasteiger partial charge in [-0.1, -0.05) is 11.6 Å². The highest BCUT2D eigenvalue weighted by molar-refractivity contribution is 6.30. The highest BCUT2D eigenvalue weighted by Crippen LogP contribution is 2.29. The zero-order valence-electron chi connectivity index (χ0n) is 13.8. The van der Waals surface area contributed by atoms with Gasteiger partial charge in [-0.2, -0.15) is 0 Å². The number of ether oxygens (including phenoxy) is 1. The summed E-state index contributed by atoms with van der Waals surface area (Å²) in [5.41, 5.74) is 3.46. The zero-order valence-corrected chi connectivity index (χ0v) is 14.6. The highest BCUT2D eigenvalue weighted by Gasteiger charge is 2.26. The third kappa shape index (κ3) is 3.80. The van der Waals surface area contributed by atoms with E-state index in [-0.39, 0.29) is 11.7 Å². The SMILES string of the molecule is O=C(c1ncc(Cl)cn1)N1CCc2c(COCC3CC3)cncc2C1. The molecule has 0 atom stereocenters. The Labute approximate surface area is 151 Å². The van der Waals surface area contributed by atoms with Crippen molar-refractivity contribution in [2.75, 3.05) is 13.2 Å². The van der Waals surface area contributed by atoms with E-state index in [0.29, 0.717) is 24.7 Å². The smallest absolute Gasteiger partial charge is 0.291 e. The van der Waals surface area contributed by atoms with Gasteiger partial charge in [0.1, 0.15) is 0 Å². The lowest BCUT2D eigenvalue weighted by atomic mass is 9.97. The molecule has 0 saturated heterocycles. The molecule has 0 bridgehead atoms. The maximum Gasteiger partial charge on any atom is 0.291 e. The summed E-state index contributed by atoms with van der Waals surface area (Å²) < 4.78 is 5.81. The van der Waals surface area contributed by atoms with Crippen LogP contribution in [0.25, 0.3) is 0 Å². The zero-order chi connectivity index (χ0) is 17.2. The van der Waals surface area contributed by atoms with Crippen LogP contribution in [0.2, 0.25) is 5.02 Å². The van der Waals surface area contributed by atoms with Crippen molar-refractivity contribution in [1.82, 2.24) is 19.9 Å². The summed E-state index contributed by atoms with van der Waals surface area (Å²) in [7, 11) is 0. The summed E-state index contributed by atoms with van der Waals surface area (Å²) in [4.78, 5) is 26.7. The predicted octanol–water partition coefficient (Wildman–Crippen LogP) is 2.65. The summed E-state index contributed by atoms with van der Waals surface area (Å²) in [5, 5.41) is 0.417. The summed E-state index contributed by atoms with van der Waals surface area (Å²) in [5.74, 6) is 0.738. The molecule has 4 rings (SSSR count). The maximum absolute atomic E-state index is 12.6. The van der Waals surface area contributed by atoms with Gasteiger partial charge in [-0.3, -0.25) is 9.78 Å². The Hall–Kier alpha value is -2.05. The first-order chi connectivity index (χ1) is 12.2. The van der Waals surface area contributed by atoms with Gasteiger partial charge in [0.05, 0.1) is 11.6 Å². The average molecular weight is 359 g/mol. The first kappa shape index (κ1) is 16.4. The molecule has 0 radical (unpaired) electrons. The van der Waals surface area contributed by atoms with E-state index in [2.05, 4.69) is 15.0 Å². The van der Waals surface area contributed by atoms with E-state index in [1.807, 2.05) is 12.4 Å². The van der Waals surface area contributed by atoms with Crippen LogP contribution >= 0.6 is 11.6 Å². The first-order valence-corrected chi connectivity index (χ1v) is 8.87. The van der Waals surface area contributed by atoms with Crippen LogP contribution in [-0.2, 0) is 24.3 Å². The van der Waals surface area contributed by atoms with E-state index in [9.17, 15) is 4.79 Å². The largest absolute Gasteiger partial charge is 0.376 e. The van der Waals surface area contributed by atoms with Crippen molar-refractivity contribution in [3.05, 3.63) is 52.3 Å². The molecule has 7 heteroatoms. The minimum Gasteiger partial charge on any atom is -0.376 e. The van der Waals surface area contributed by atoms with E-state index in [4.69, 9.17) is 16.3 Å². The van der Waals surface area contributed by atoms with Gasteiger partial charge < -0.3 is 9.64 Å². The Balaban J connectivity index is 1.45. The predicted molar refractivity (Wildman–Crippen MR) is 92.1 cm³/mol. The van der Waals surface area contributed by atoms with E-state index >= 15 is 0 Å². The number of halogens is 1. The van der Waals surface area contributed by atoms with E-state index in [1.165, 1.54) is 30.8 Å². The van der Waals surface area contributed by atoms with Gasteiger partial charge in [0.25, 0.3) is 5.91 Å². The molecule has 1 saturated carbocycles. The van der Waals surface area contributed by atoms with Gasteiger partial charge in [0, 0.05) is 44.5 Å². The number of pyridine rings is 1. The van der Waals surface area contributed by atoms with Crippen LogP contribution in [0.3, 0.4) is 0 Å².